The Morgan fingerprint density at radius 1 is 1.00 bits per heavy atom. The molecule has 1 fully saturated rings. The number of hydrogen-bond acceptors (Lipinski definition) is 8. The molecule has 0 spiro atoms. The van der Waals surface area contributed by atoms with Gasteiger partial charge in [-0.3, -0.25) is 23.9 Å². The summed E-state index contributed by atoms with van der Waals surface area (Å²) in [5.41, 5.74) is -0.514. The molecule has 4 rings (SSSR count). The van der Waals surface area contributed by atoms with Gasteiger partial charge in [-0.25, -0.2) is 4.79 Å². The number of aromatic nitrogens is 2. The highest BCUT2D eigenvalue weighted by molar-refractivity contribution is 5.90. The third-order valence-corrected chi connectivity index (χ3v) is 6.16. The smallest absolute Gasteiger partial charge is 0.406 e. The van der Waals surface area contributed by atoms with Gasteiger partial charge in [0.05, 0.1) is 0 Å². The lowest BCUT2D eigenvalue weighted by molar-refractivity contribution is -0.274. The minimum atomic E-state index is -4.85. The van der Waals surface area contributed by atoms with Crippen LogP contribution in [0, 0.1) is 0 Å². The van der Waals surface area contributed by atoms with Gasteiger partial charge in [-0.05, 0) is 23.3 Å². The van der Waals surface area contributed by atoms with Crippen LogP contribution in [0.3, 0.4) is 0 Å². The van der Waals surface area contributed by atoms with E-state index in [1.54, 1.807) is 30.3 Å². The Kier molecular flexibility index (Phi) is 8.90. The zero-order valence-electron chi connectivity index (χ0n) is 21.1. The van der Waals surface area contributed by atoms with E-state index in [2.05, 4.69) is 15.4 Å². The normalized spacial score (nSPS) is 21.2. The highest BCUT2D eigenvalue weighted by atomic mass is 19.4. The first-order valence-electron chi connectivity index (χ1n) is 12.2. The molecule has 1 aromatic heterocycles. The number of hydrogen-bond donors (Lipinski definition) is 5. The molecule has 0 aliphatic carbocycles. The summed E-state index contributed by atoms with van der Waals surface area (Å²) < 4.78 is 47.3. The van der Waals surface area contributed by atoms with Gasteiger partial charge in [0.15, 0.2) is 12.3 Å². The van der Waals surface area contributed by atoms with Crippen LogP contribution in [0.4, 0.5) is 13.2 Å². The van der Waals surface area contributed by atoms with Gasteiger partial charge in [0.25, 0.3) is 11.5 Å². The molecular weight excluding hydrogens is 553 g/mol. The van der Waals surface area contributed by atoms with Crippen molar-refractivity contribution in [2.45, 2.75) is 49.9 Å². The van der Waals surface area contributed by atoms with E-state index in [1.807, 2.05) is 4.98 Å². The number of nitrogens with zero attached hydrogens (tertiary/aromatic N) is 1. The van der Waals surface area contributed by atoms with Crippen molar-refractivity contribution >= 4 is 11.8 Å². The molecule has 12 nitrogen and oxygen atoms in total. The Morgan fingerprint density at radius 3 is 2.32 bits per heavy atom. The second kappa shape index (κ2) is 12.4. The Balaban J connectivity index is 1.45. The third-order valence-electron chi connectivity index (χ3n) is 6.16. The Morgan fingerprint density at radius 2 is 1.68 bits per heavy atom. The van der Waals surface area contributed by atoms with Crippen molar-refractivity contribution in [2.24, 2.45) is 0 Å². The predicted octanol–water partition coefficient (Wildman–Crippen LogP) is 0.0983. The van der Waals surface area contributed by atoms with E-state index >= 15 is 0 Å². The van der Waals surface area contributed by atoms with Gasteiger partial charge in [-0.2, -0.15) is 0 Å². The maximum Gasteiger partial charge on any atom is 0.573 e. The van der Waals surface area contributed by atoms with E-state index < -0.39 is 65.8 Å². The van der Waals surface area contributed by atoms with Gasteiger partial charge in [0.2, 0.25) is 5.91 Å². The molecule has 2 amide bonds. The summed E-state index contributed by atoms with van der Waals surface area (Å²) in [5, 5.41) is 26.0. The molecule has 1 saturated heterocycles. The molecule has 0 unspecified atom stereocenters. The number of benzene rings is 2. The Labute approximate surface area is 229 Å². The molecule has 2 heterocycles. The van der Waals surface area contributed by atoms with Crippen molar-refractivity contribution < 1.29 is 42.4 Å². The molecule has 15 heteroatoms. The van der Waals surface area contributed by atoms with Gasteiger partial charge >= 0.3 is 12.1 Å². The van der Waals surface area contributed by atoms with Crippen LogP contribution in [0.1, 0.15) is 17.4 Å². The van der Waals surface area contributed by atoms with Crippen molar-refractivity contribution in [1.29, 1.82) is 0 Å². The summed E-state index contributed by atoms with van der Waals surface area (Å²) in [6.45, 7) is -0.0925. The molecule has 218 valence electrons. The number of aliphatic hydroxyl groups is 2. The summed E-state index contributed by atoms with van der Waals surface area (Å²) in [5.74, 6) is -2.04. The second-order valence-corrected chi connectivity index (χ2v) is 9.11. The van der Waals surface area contributed by atoms with Crippen LogP contribution in [0.5, 0.6) is 5.75 Å². The number of carbonyl (C=O) groups is 2. The van der Waals surface area contributed by atoms with Crippen molar-refractivity contribution in [3.05, 3.63) is 98.8 Å². The molecule has 0 radical (unpaired) electrons. The maximum atomic E-state index is 13.1. The lowest BCUT2D eigenvalue weighted by Crippen LogP contribution is -2.52. The van der Waals surface area contributed by atoms with Crippen LogP contribution in [-0.4, -0.2) is 62.3 Å². The van der Waals surface area contributed by atoms with Crippen LogP contribution in [0.15, 0.2) is 76.4 Å². The highest BCUT2D eigenvalue weighted by Crippen LogP contribution is 2.28. The number of H-pyrrole nitrogens is 1. The number of ether oxygens (including phenoxy) is 2. The summed E-state index contributed by atoms with van der Waals surface area (Å²) in [6.07, 6.45) is -10.5. The summed E-state index contributed by atoms with van der Waals surface area (Å²) in [7, 11) is 0. The van der Waals surface area contributed by atoms with Gasteiger partial charge in [-0.1, -0.05) is 42.5 Å². The molecule has 3 aromatic rings. The Hall–Kier alpha value is -4.47. The topological polar surface area (TPSA) is 172 Å². The number of alkyl halides is 3. The number of carbonyl (C=O) groups excluding carboxylic acids is 2. The van der Waals surface area contributed by atoms with E-state index in [0.717, 1.165) is 29.0 Å². The monoisotopic (exact) mass is 578 g/mol. The molecule has 0 saturated carbocycles. The molecule has 5 atom stereocenters. The first-order valence-corrected chi connectivity index (χ1v) is 12.2. The first-order chi connectivity index (χ1) is 19.4. The van der Waals surface area contributed by atoms with E-state index in [1.165, 1.54) is 12.1 Å². The maximum absolute atomic E-state index is 13.1. The molecule has 1 aliphatic heterocycles. The van der Waals surface area contributed by atoms with E-state index in [-0.39, 0.29) is 13.0 Å². The number of aromatic amines is 1. The number of halogens is 3. The summed E-state index contributed by atoms with van der Waals surface area (Å²) >= 11 is 0. The fourth-order valence-electron chi connectivity index (χ4n) is 4.17. The zero-order valence-corrected chi connectivity index (χ0v) is 21.1. The van der Waals surface area contributed by atoms with Crippen molar-refractivity contribution in [3.63, 3.8) is 0 Å². The zero-order chi connectivity index (χ0) is 29.7. The van der Waals surface area contributed by atoms with Gasteiger partial charge in [0.1, 0.15) is 24.0 Å². The molecular formula is C26H25F3N4O8. The van der Waals surface area contributed by atoms with Crippen LogP contribution >= 0.6 is 0 Å². The van der Waals surface area contributed by atoms with E-state index in [4.69, 9.17) is 4.74 Å². The number of aliphatic hydroxyl groups excluding tert-OH is 2. The average Bonchev–Trinajstić information content (AvgIpc) is 3.21. The van der Waals surface area contributed by atoms with Crippen LogP contribution in [-0.2, 0) is 27.3 Å². The average molecular weight is 579 g/mol. The number of nitrogens with one attached hydrogen (secondary N) is 3. The molecule has 41 heavy (non-hydrogen) atoms. The standard InChI is InChI=1S/C26H25F3N4O8/c27-26(28,29)41-16-8-6-15(7-9-16)13-30-22(37)17(12-14-4-2-1-3-5-14)31-23(38)21-19(35)20(36)24(40-21)33-11-10-18(34)32-25(33)39/h1-11,17,19-21,24,35-36H,12-13H2,(H,30,37)(H,31,38)(H,32,34,39)/t17-,19+,20-,21+,24-/m1/s1. The SMILES string of the molecule is O=C(N[C@H](Cc1ccccc1)C(=O)NCc1ccc(OC(F)(F)F)cc1)[C@H]1O[C@@H](n2ccc(=O)[nH]c2=O)[C@H](O)[C@@H]1O. The van der Waals surface area contributed by atoms with Crippen LogP contribution < -0.4 is 26.6 Å². The van der Waals surface area contributed by atoms with Crippen LogP contribution in [0.2, 0.25) is 0 Å². The van der Waals surface area contributed by atoms with Crippen molar-refractivity contribution in [1.82, 2.24) is 20.2 Å². The third kappa shape index (κ3) is 7.59. The van der Waals surface area contributed by atoms with Crippen LogP contribution in [0.25, 0.3) is 0 Å². The largest absolute Gasteiger partial charge is 0.573 e. The summed E-state index contributed by atoms with van der Waals surface area (Å²) in [6, 6.07) is 13.3. The minimum Gasteiger partial charge on any atom is -0.406 e. The minimum absolute atomic E-state index is 0.0188. The highest BCUT2D eigenvalue weighted by Gasteiger charge is 2.48. The molecule has 2 aromatic carbocycles. The lowest BCUT2D eigenvalue weighted by atomic mass is 10.0. The van der Waals surface area contributed by atoms with Gasteiger partial charge < -0.3 is 30.3 Å². The first kappa shape index (κ1) is 29.5. The number of rotatable bonds is 9. The molecule has 5 N–H and O–H groups in total. The van der Waals surface area contributed by atoms with Crippen molar-refractivity contribution in [2.75, 3.05) is 0 Å². The second-order valence-electron chi connectivity index (χ2n) is 9.11. The molecule has 0 bridgehead atoms. The molecule has 1 aliphatic rings. The van der Waals surface area contributed by atoms with Gasteiger partial charge in [-0.15, -0.1) is 13.2 Å². The van der Waals surface area contributed by atoms with E-state index in [0.29, 0.717) is 11.1 Å². The van der Waals surface area contributed by atoms with Gasteiger partial charge in [0, 0.05) is 25.2 Å². The predicted molar refractivity (Wildman–Crippen MR) is 134 cm³/mol. The lowest BCUT2D eigenvalue weighted by Gasteiger charge is -2.22. The summed E-state index contributed by atoms with van der Waals surface area (Å²) in [4.78, 5) is 51.7. The van der Waals surface area contributed by atoms with Crippen molar-refractivity contribution in [3.8, 4) is 5.75 Å². The Bertz CT molecular complexity index is 1480. The number of amides is 2. The quantitative estimate of drug-likeness (QED) is 0.238. The fourth-order valence-corrected chi connectivity index (χ4v) is 4.17. The fraction of sp³-hybridized carbons (Fsp3) is 0.308. The van der Waals surface area contributed by atoms with E-state index in [9.17, 15) is 42.6 Å².